The second-order valence-electron chi connectivity index (χ2n) is 10.9. The summed E-state index contributed by atoms with van der Waals surface area (Å²) in [7, 11) is 0. The molecule has 0 saturated heterocycles. The summed E-state index contributed by atoms with van der Waals surface area (Å²) in [5.41, 5.74) is 11.9. The topological polar surface area (TPSA) is 9.86 Å². The van der Waals surface area contributed by atoms with E-state index in [1.54, 1.807) is 0 Å². The second kappa shape index (κ2) is 7.50. The standard InChI is InChI=1S/C36H21BN2S/c1-2-10-22(11-3-1)38-27-15-7-4-12-23(27)33-29(38)19-20-30-34(33)24-18-21-32-35-36(24)39(30)28-16-8-5-13-25(28)37(35)26-14-6-9-17-31(26)40-32/h1-21H. The van der Waals surface area contributed by atoms with E-state index in [4.69, 9.17) is 0 Å². The van der Waals surface area contributed by atoms with Gasteiger partial charge in [0.15, 0.2) is 0 Å². The summed E-state index contributed by atoms with van der Waals surface area (Å²) < 4.78 is 4.98. The van der Waals surface area contributed by atoms with Crippen LogP contribution >= 0.6 is 11.8 Å². The summed E-state index contributed by atoms with van der Waals surface area (Å²) in [4.78, 5) is 2.74. The number of hydrogen-bond acceptors (Lipinski definition) is 1. The zero-order chi connectivity index (χ0) is 25.9. The maximum atomic E-state index is 2.55. The van der Waals surface area contributed by atoms with Crippen LogP contribution in [0.2, 0.25) is 0 Å². The van der Waals surface area contributed by atoms with Gasteiger partial charge in [-0.05, 0) is 59.5 Å². The van der Waals surface area contributed by atoms with Crippen LogP contribution in [-0.2, 0) is 0 Å². The molecule has 4 heterocycles. The lowest BCUT2D eigenvalue weighted by atomic mass is 9.35. The zero-order valence-electron chi connectivity index (χ0n) is 21.5. The third kappa shape index (κ3) is 2.49. The van der Waals surface area contributed by atoms with Crippen molar-refractivity contribution in [1.82, 2.24) is 9.13 Å². The van der Waals surface area contributed by atoms with Crippen LogP contribution in [0.4, 0.5) is 0 Å². The first-order valence-corrected chi connectivity index (χ1v) is 14.6. The van der Waals surface area contributed by atoms with Crippen LogP contribution in [0.3, 0.4) is 0 Å². The Labute approximate surface area is 235 Å². The third-order valence-corrected chi connectivity index (χ3v) is 10.1. The lowest BCUT2D eigenvalue weighted by Crippen LogP contribution is -2.58. The van der Waals surface area contributed by atoms with Gasteiger partial charge in [-0.1, -0.05) is 96.1 Å². The zero-order valence-corrected chi connectivity index (χ0v) is 22.3. The SMILES string of the molecule is c1ccc(-n2c3ccccc3c3c4c5ccc6c7c5n(c4ccc32)-c2ccccc2B7c2ccccc2S6)cc1. The molecule has 0 unspecified atom stereocenters. The molecule has 184 valence electrons. The van der Waals surface area contributed by atoms with E-state index in [9.17, 15) is 0 Å². The van der Waals surface area contributed by atoms with Crippen LogP contribution in [0, 0.1) is 0 Å². The minimum Gasteiger partial charge on any atom is -0.310 e. The average molecular weight is 524 g/mol. The number of rotatable bonds is 1. The van der Waals surface area contributed by atoms with E-state index in [0.29, 0.717) is 0 Å². The van der Waals surface area contributed by atoms with E-state index in [-0.39, 0.29) is 6.71 Å². The summed E-state index contributed by atoms with van der Waals surface area (Å²) in [6.07, 6.45) is 0. The maximum absolute atomic E-state index is 2.55. The second-order valence-corrected chi connectivity index (χ2v) is 12.0. The lowest BCUT2D eigenvalue weighted by molar-refractivity contribution is 1.17. The number of hydrogen-bond donors (Lipinski definition) is 0. The van der Waals surface area contributed by atoms with Crippen molar-refractivity contribution in [2.24, 2.45) is 0 Å². The van der Waals surface area contributed by atoms with Crippen LogP contribution in [0.5, 0.6) is 0 Å². The molecule has 0 aliphatic carbocycles. The van der Waals surface area contributed by atoms with Gasteiger partial charge < -0.3 is 9.13 Å². The normalized spacial score (nSPS) is 13.3. The monoisotopic (exact) mass is 524 g/mol. The predicted octanol–water partition coefficient (Wildman–Crippen LogP) is 7.18. The number of fused-ring (bicyclic) bond motifs is 12. The van der Waals surface area contributed by atoms with Crippen molar-refractivity contribution in [2.75, 3.05) is 0 Å². The number of nitrogens with zero attached hydrogens (tertiary/aromatic N) is 2. The van der Waals surface area contributed by atoms with Gasteiger partial charge in [-0.25, -0.2) is 0 Å². The Kier molecular flexibility index (Phi) is 3.97. The fraction of sp³-hybridized carbons (Fsp3) is 0. The van der Waals surface area contributed by atoms with Gasteiger partial charge >= 0.3 is 0 Å². The number of para-hydroxylation sites is 3. The van der Waals surface area contributed by atoms with Crippen molar-refractivity contribution >= 4 is 78.5 Å². The van der Waals surface area contributed by atoms with E-state index in [2.05, 4.69) is 137 Å². The van der Waals surface area contributed by atoms with Crippen LogP contribution in [0.1, 0.15) is 0 Å². The van der Waals surface area contributed by atoms with E-state index in [0.717, 1.165) is 0 Å². The van der Waals surface area contributed by atoms with Gasteiger partial charge in [-0.2, -0.15) is 0 Å². The highest BCUT2D eigenvalue weighted by Crippen LogP contribution is 2.44. The molecule has 0 N–H and O–H groups in total. The van der Waals surface area contributed by atoms with Gasteiger partial charge in [0, 0.05) is 42.7 Å². The van der Waals surface area contributed by atoms with Crippen molar-refractivity contribution in [3.8, 4) is 11.4 Å². The van der Waals surface area contributed by atoms with Crippen molar-refractivity contribution in [1.29, 1.82) is 0 Å². The first-order chi connectivity index (χ1) is 19.9. The molecular weight excluding hydrogens is 503 g/mol. The molecule has 8 aromatic rings. The molecule has 0 fully saturated rings. The van der Waals surface area contributed by atoms with Crippen molar-refractivity contribution < 1.29 is 0 Å². The molecule has 2 nitrogen and oxygen atoms in total. The summed E-state index contributed by atoms with van der Waals surface area (Å²) in [5.74, 6) is 0. The molecule has 6 aromatic carbocycles. The summed E-state index contributed by atoms with van der Waals surface area (Å²) in [6.45, 7) is 0.241. The Morgan fingerprint density at radius 3 is 2.08 bits per heavy atom. The first-order valence-electron chi connectivity index (χ1n) is 13.8. The highest BCUT2D eigenvalue weighted by Gasteiger charge is 2.39. The van der Waals surface area contributed by atoms with Crippen LogP contribution in [-0.4, -0.2) is 15.8 Å². The average Bonchev–Trinajstić information content (AvgIpc) is 3.54. The van der Waals surface area contributed by atoms with Gasteiger partial charge in [0.1, 0.15) is 0 Å². The Bertz CT molecular complexity index is 2360. The van der Waals surface area contributed by atoms with Gasteiger partial charge in [0.25, 0.3) is 0 Å². The molecule has 0 amide bonds. The van der Waals surface area contributed by atoms with Crippen LogP contribution in [0.25, 0.3) is 55.0 Å². The number of benzene rings is 6. The Morgan fingerprint density at radius 1 is 0.475 bits per heavy atom. The lowest BCUT2D eigenvalue weighted by Gasteiger charge is -2.32. The number of aromatic nitrogens is 2. The van der Waals surface area contributed by atoms with Crippen molar-refractivity contribution in [3.05, 3.63) is 127 Å². The smallest absolute Gasteiger partial charge is 0.249 e. The molecule has 10 rings (SSSR count). The molecule has 0 spiro atoms. The van der Waals surface area contributed by atoms with Crippen molar-refractivity contribution in [2.45, 2.75) is 9.79 Å². The van der Waals surface area contributed by atoms with Crippen LogP contribution < -0.4 is 16.4 Å². The van der Waals surface area contributed by atoms with Gasteiger partial charge in [0.2, 0.25) is 6.71 Å². The van der Waals surface area contributed by atoms with E-state index < -0.39 is 0 Å². The Morgan fingerprint density at radius 2 is 1.18 bits per heavy atom. The fourth-order valence-corrected chi connectivity index (χ4v) is 8.63. The molecule has 2 aromatic heterocycles. The Hall–Kier alpha value is -4.67. The summed E-state index contributed by atoms with van der Waals surface area (Å²) in [6, 6.07) is 47.1. The van der Waals surface area contributed by atoms with Gasteiger partial charge in [0.05, 0.1) is 22.1 Å². The third-order valence-electron chi connectivity index (χ3n) is 8.97. The Balaban J connectivity index is 1.44. The molecule has 2 aliphatic heterocycles. The molecular formula is C36H21BN2S. The van der Waals surface area contributed by atoms with Gasteiger partial charge in [-0.15, -0.1) is 0 Å². The predicted molar refractivity (Wildman–Crippen MR) is 170 cm³/mol. The van der Waals surface area contributed by atoms with E-state index in [1.165, 1.54) is 81.2 Å². The van der Waals surface area contributed by atoms with E-state index in [1.807, 2.05) is 11.8 Å². The van der Waals surface area contributed by atoms with Crippen LogP contribution in [0.15, 0.2) is 137 Å². The summed E-state index contributed by atoms with van der Waals surface area (Å²) >= 11 is 1.92. The fourth-order valence-electron chi connectivity index (χ4n) is 7.48. The minimum absolute atomic E-state index is 0.241. The molecule has 2 aliphatic rings. The van der Waals surface area contributed by atoms with Gasteiger partial charge in [-0.3, -0.25) is 0 Å². The summed E-state index contributed by atoms with van der Waals surface area (Å²) in [5, 5.41) is 5.32. The molecule has 0 saturated carbocycles. The van der Waals surface area contributed by atoms with E-state index >= 15 is 0 Å². The first kappa shape index (κ1) is 21.2. The molecule has 0 bridgehead atoms. The molecule has 0 atom stereocenters. The molecule has 0 radical (unpaired) electrons. The molecule has 4 heteroatoms. The minimum atomic E-state index is 0.241. The highest BCUT2D eigenvalue weighted by molar-refractivity contribution is 8.00. The van der Waals surface area contributed by atoms with Crippen molar-refractivity contribution in [3.63, 3.8) is 0 Å². The highest BCUT2D eigenvalue weighted by atomic mass is 32.2. The quantitative estimate of drug-likeness (QED) is 0.207. The molecule has 40 heavy (non-hydrogen) atoms. The maximum Gasteiger partial charge on any atom is 0.249 e. The largest absolute Gasteiger partial charge is 0.310 e.